The highest BCUT2D eigenvalue weighted by atomic mass is 19.4. The minimum Gasteiger partial charge on any atom is -0.457 e. The molecular formula is C39H28F6N2O2. The monoisotopic (exact) mass is 670 g/mol. The SMILES string of the molecule is Nc1ccc(Oc2ccc(C(c3ccc(Oc4ccc(N)cc4)cc3-c3ccccc3)(C(F)(F)F)C(F)(F)F)c(-c3ccccc3)c2)cc1. The summed E-state index contributed by atoms with van der Waals surface area (Å²) < 4.78 is 107. The van der Waals surface area contributed by atoms with Gasteiger partial charge in [-0.05, 0) is 106 Å². The molecule has 0 spiro atoms. The smallest absolute Gasteiger partial charge is 0.411 e. The van der Waals surface area contributed by atoms with Gasteiger partial charge < -0.3 is 20.9 Å². The van der Waals surface area contributed by atoms with E-state index in [1.54, 1.807) is 60.7 Å². The Morgan fingerprint density at radius 2 is 0.714 bits per heavy atom. The van der Waals surface area contributed by atoms with E-state index in [9.17, 15) is 0 Å². The Balaban J connectivity index is 1.63. The normalized spacial score (nSPS) is 12.0. The first kappa shape index (κ1) is 33.0. The topological polar surface area (TPSA) is 70.5 Å². The van der Waals surface area contributed by atoms with Crippen molar-refractivity contribution in [2.75, 3.05) is 11.5 Å². The van der Waals surface area contributed by atoms with Crippen molar-refractivity contribution >= 4 is 11.4 Å². The second kappa shape index (κ2) is 13.0. The lowest BCUT2D eigenvalue weighted by atomic mass is 9.68. The average Bonchev–Trinajstić information content (AvgIpc) is 3.08. The van der Waals surface area contributed by atoms with Gasteiger partial charge in [-0.1, -0.05) is 72.8 Å². The van der Waals surface area contributed by atoms with E-state index in [0.717, 1.165) is 24.3 Å². The third-order valence-corrected chi connectivity index (χ3v) is 8.04. The Bertz CT molecular complexity index is 1900. The van der Waals surface area contributed by atoms with E-state index in [4.69, 9.17) is 20.9 Å². The van der Waals surface area contributed by atoms with E-state index in [-0.39, 0.29) is 33.8 Å². The van der Waals surface area contributed by atoms with Crippen molar-refractivity contribution in [1.82, 2.24) is 0 Å². The quantitative estimate of drug-likeness (QED) is 0.125. The number of alkyl halides is 6. The molecule has 6 rings (SSSR count). The number of hydrogen-bond acceptors (Lipinski definition) is 4. The summed E-state index contributed by atoms with van der Waals surface area (Å²) in [7, 11) is 0. The molecule has 6 aromatic carbocycles. The number of ether oxygens (including phenoxy) is 2. The number of benzene rings is 6. The molecular weight excluding hydrogens is 642 g/mol. The second-order valence-electron chi connectivity index (χ2n) is 11.2. The van der Waals surface area contributed by atoms with Crippen LogP contribution in [0.4, 0.5) is 37.7 Å². The standard InChI is InChI=1S/C39H28F6N2O2/c40-38(41,42)37(39(43,44)45,35-21-19-31(48-29-15-11-27(46)12-16-29)23-33(35)25-7-3-1-4-8-25)36-22-20-32(49-30-17-13-28(47)14-18-30)24-34(36)26-9-5-2-6-10-26/h1-24H,46-47H2. The van der Waals surface area contributed by atoms with Gasteiger partial charge in [0, 0.05) is 11.4 Å². The van der Waals surface area contributed by atoms with Crippen molar-refractivity contribution in [3.63, 3.8) is 0 Å². The molecule has 6 aromatic rings. The van der Waals surface area contributed by atoms with Crippen LogP contribution in [0.5, 0.6) is 23.0 Å². The van der Waals surface area contributed by atoms with Gasteiger partial charge in [-0.15, -0.1) is 0 Å². The van der Waals surface area contributed by atoms with Crippen molar-refractivity contribution in [3.05, 3.63) is 157 Å². The van der Waals surface area contributed by atoms with Crippen LogP contribution in [0.2, 0.25) is 0 Å². The van der Waals surface area contributed by atoms with Crippen LogP contribution in [0.15, 0.2) is 146 Å². The van der Waals surface area contributed by atoms with Crippen LogP contribution in [0, 0.1) is 0 Å². The fourth-order valence-corrected chi connectivity index (χ4v) is 5.80. The summed E-state index contributed by atoms with van der Waals surface area (Å²) in [6.07, 6.45) is -11.8. The van der Waals surface area contributed by atoms with Gasteiger partial charge in [0.05, 0.1) is 0 Å². The fraction of sp³-hybridized carbons (Fsp3) is 0.0769. The zero-order valence-corrected chi connectivity index (χ0v) is 25.6. The van der Waals surface area contributed by atoms with Crippen LogP contribution in [0.25, 0.3) is 22.3 Å². The molecule has 49 heavy (non-hydrogen) atoms. The third-order valence-electron chi connectivity index (χ3n) is 8.04. The van der Waals surface area contributed by atoms with Crippen LogP contribution in [-0.2, 0) is 5.41 Å². The van der Waals surface area contributed by atoms with E-state index in [2.05, 4.69) is 0 Å². The molecule has 0 heterocycles. The van der Waals surface area contributed by atoms with Gasteiger partial charge in [0.2, 0.25) is 5.41 Å². The molecule has 0 aliphatic heterocycles. The molecule has 4 N–H and O–H groups in total. The molecule has 0 aromatic heterocycles. The molecule has 0 amide bonds. The molecule has 0 unspecified atom stereocenters. The van der Waals surface area contributed by atoms with Crippen LogP contribution >= 0.6 is 0 Å². The zero-order valence-electron chi connectivity index (χ0n) is 25.6. The van der Waals surface area contributed by atoms with Gasteiger partial charge >= 0.3 is 12.4 Å². The Morgan fingerprint density at radius 1 is 0.388 bits per heavy atom. The first-order chi connectivity index (χ1) is 23.4. The van der Waals surface area contributed by atoms with Crippen LogP contribution in [0.1, 0.15) is 11.1 Å². The molecule has 0 aliphatic carbocycles. The summed E-state index contributed by atoms with van der Waals surface area (Å²) in [4.78, 5) is 0. The predicted octanol–water partition coefficient (Wildman–Crippen LogP) is 11.2. The summed E-state index contributed by atoms with van der Waals surface area (Å²) >= 11 is 0. The highest BCUT2D eigenvalue weighted by Crippen LogP contribution is 2.60. The highest BCUT2D eigenvalue weighted by molar-refractivity contribution is 5.78. The molecule has 0 bridgehead atoms. The number of hydrogen-bond donors (Lipinski definition) is 2. The Hall–Kier alpha value is -5.90. The first-order valence-corrected chi connectivity index (χ1v) is 15.0. The lowest BCUT2D eigenvalue weighted by Crippen LogP contribution is -2.55. The summed E-state index contributed by atoms with van der Waals surface area (Å²) in [5.41, 5.74) is 5.48. The summed E-state index contributed by atoms with van der Waals surface area (Å²) in [6, 6.07) is 33.8. The first-order valence-electron chi connectivity index (χ1n) is 15.0. The van der Waals surface area contributed by atoms with Crippen molar-refractivity contribution in [2.45, 2.75) is 17.8 Å². The van der Waals surface area contributed by atoms with E-state index in [1.807, 2.05) is 0 Å². The Kier molecular flexibility index (Phi) is 8.73. The maximum absolute atomic E-state index is 15.8. The van der Waals surface area contributed by atoms with Crippen LogP contribution in [-0.4, -0.2) is 12.4 Å². The molecule has 0 saturated heterocycles. The van der Waals surface area contributed by atoms with Crippen molar-refractivity contribution < 1.29 is 35.8 Å². The molecule has 0 fully saturated rings. The van der Waals surface area contributed by atoms with Crippen molar-refractivity contribution in [3.8, 4) is 45.3 Å². The van der Waals surface area contributed by atoms with Crippen molar-refractivity contribution in [1.29, 1.82) is 0 Å². The Labute approximate surface area is 278 Å². The van der Waals surface area contributed by atoms with Gasteiger partial charge in [0.15, 0.2) is 0 Å². The molecule has 0 radical (unpaired) electrons. The van der Waals surface area contributed by atoms with E-state index >= 15 is 26.3 Å². The minimum absolute atomic E-state index is 0.0288. The predicted molar refractivity (Wildman–Crippen MR) is 179 cm³/mol. The summed E-state index contributed by atoms with van der Waals surface area (Å²) in [6.45, 7) is 0. The average molecular weight is 671 g/mol. The molecule has 0 atom stereocenters. The fourth-order valence-electron chi connectivity index (χ4n) is 5.80. The maximum Gasteiger partial charge on any atom is 0.411 e. The second-order valence-corrected chi connectivity index (χ2v) is 11.2. The number of nitrogen functional groups attached to an aromatic ring is 2. The lowest BCUT2D eigenvalue weighted by molar-refractivity contribution is -0.288. The highest BCUT2D eigenvalue weighted by Gasteiger charge is 2.73. The minimum atomic E-state index is -5.88. The molecule has 248 valence electrons. The van der Waals surface area contributed by atoms with E-state index in [1.165, 1.54) is 60.7 Å². The van der Waals surface area contributed by atoms with Gasteiger partial charge in [0.25, 0.3) is 0 Å². The number of nitrogens with two attached hydrogens (primary N) is 2. The third kappa shape index (κ3) is 6.49. The maximum atomic E-state index is 15.8. The van der Waals surface area contributed by atoms with Crippen LogP contribution < -0.4 is 20.9 Å². The largest absolute Gasteiger partial charge is 0.457 e. The van der Waals surface area contributed by atoms with Gasteiger partial charge in [-0.25, -0.2) is 0 Å². The van der Waals surface area contributed by atoms with Gasteiger partial charge in [0.1, 0.15) is 23.0 Å². The zero-order chi connectivity index (χ0) is 34.8. The Morgan fingerprint density at radius 3 is 1.04 bits per heavy atom. The van der Waals surface area contributed by atoms with Crippen molar-refractivity contribution in [2.24, 2.45) is 0 Å². The number of halogens is 6. The number of anilines is 2. The number of rotatable bonds is 8. The molecule has 4 nitrogen and oxygen atoms in total. The van der Waals surface area contributed by atoms with Gasteiger partial charge in [-0.2, -0.15) is 26.3 Å². The van der Waals surface area contributed by atoms with Gasteiger partial charge in [-0.3, -0.25) is 0 Å². The molecule has 0 saturated carbocycles. The van der Waals surface area contributed by atoms with E-state index in [0.29, 0.717) is 22.9 Å². The molecule has 0 aliphatic rings. The van der Waals surface area contributed by atoms with E-state index < -0.39 is 28.9 Å². The lowest BCUT2D eigenvalue weighted by Gasteiger charge is -2.40. The van der Waals surface area contributed by atoms with Crippen LogP contribution in [0.3, 0.4) is 0 Å². The summed E-state index contributed by atoms with van der Waals surface area (Å²) in [5.74, 6) is 0.645. The summed E-state index contributed by atoms with van der Waals surface area (Å²) in [5, 5.41) is 0. The molecule has 10 heteroatoms.